The van der Waals surface area contributed by atoms with Crippen LogP contribution in [0.2, 0.25) is 0 Å². The van der Waals surface area contributed by atoms with Crippen LogP contribution >= 0.6 is 38.5 Å². The number of nitrogens with two attached hydrogens (primary N) is 1. The molecule has 1 amide bonds. The molecule has 1 aliphatic carbocycles. The molecule has 80 valence electrons. The fourth-order valence-corrected chi connectivity index (χ4v) is 1.95. The molecule has 1 saturated carbocycles. The summed E-state index contributed by atoms with van der Waals surface area (Å²) in [5.74, 6) is -0.0828. The van der Waals surface area contributed by atoms with E-state index in [2.05, 4.69) is 43.8 Å². The first-order valence-electron chi connectivity index (χ1n) is 4.57. The second-order valence-corrected chi connectivity index (χ2v) is 5.76. The van der Waals surface area contributed by atoms with Gasteiger partial charge >= 0.3 is 0 Å². The van der Waals surface area contributed by atoms with E-state index in [1.807, 2.05) is 18.2 Å². The maximum Gasteiger partial charge on any atom is 0.244 e. The molecule has 3 N–H and O–H groups in total. The summed E-state index contributed by atoms with van der Waals surface area (Å²) in [5, 5.41) is 2.82. The summed E-state index contributed by atoms with van der Waals surface area (Å²) in [5.41, 5.74) is 5.97. The molecule has 0 bridgehead atoms. The monoisotopic (exact) mass is 380 g/mol. The van der Waals surface area contributed by atoms with Gasteiger partial charge in [0.1, 0.15) is 0 Å². The Kier molecular flexibility index (Phi) is 3.05. The van der Waals surface area contributed by atoms with E-state index in [1.54, 1.807) is 0 Å². The molecule has 1 aliphatic rings. The molecule has 0 aromatic heterocycles. The number of anilines is 1. The zero-order valence-electron chi connectivity index (χ0n) is 7.89. The minimum Gasteiger partial charge on any atom is -0.324 e. The van der Waals surface area contributed by atoms with E-state index in [9.17, 15) is 4.79 Å². The molecule has 1 aromatic rings. The van der Waals surface area contributed by atoms with Crippen LogP contribution in [0.3, 0.4) is 0 Å². The first kappa shape index (κ1) is 11.3. The SMILES string of the molecule is NC1(C(=O)Nc2ccc(Br)c(I)c2)CC1. The number of hydrogen-bond acceptors (Lipinski definition) is 2. The molecule has 2 rings (SSSR count). The Morgan fingerprint density at radius 1 is 1.53 bits per heavy atom. The van der Waals surface area contributed by atoms with Gasteiger partial charge in [-0.25, -0.2) is 0 Å². The van der Waals surface area contributed by atoms with Gasteiger partial charge in [0.15, 0.2) is 0 Å². The first-order chi connectivity index (χ1) is 7.01. The predicted octanol–water partition coefficient (Wildman–Crippen LogP) is 2.48. The summed E-state index contributed by atoms with van der Waals surface area (Å²) in [6.45, 7) is 0. The zero-order chi connectivity index (χ0) is 11.1. The van der Waals surface area contributed by atoms with Crippen molar-refractivity contribution in [1.82, 2.24) is 0 Å². The highest BCUT2D eigenvalue weighted by atomic mass is 127. The predicted molar refractivity (Wildman–Crippen MR) is 71.6 cm³/mol. The number of benzene rings is 1. The van der Waals surface area contributed by atoms with Gasteiger partial charge in [0, 0.05) is 13.7 Å². The van der Waals surface area contributed by atoms with Crippen molar-refractivity contribution in [3.8, 4) is 0 Å². The van der Waals surface area contributed by atoms with Gasteiger partial charge in [0.2, 0.25) is 5.91 Å². The number of rotatable bonds is 2. The minimum absolute atomic E-state index is 0.0828. The molecule has 1 fully saturated rings. The summed E-state index contributed by atoms with van der Waals surface area (Å²) in [6.07, 6.45) is 1.57. The van der Waals surface area contributed by atoms with Crippen LogP contribution in [0.5, 0.6) is 0 Å². The topological polar surface area (TPSA) is 55.1 Å². The van der Waals surface area contributed by atoms with E-state index >= 15 is 0 Å². The van der Waals surface area contributed by atoms with Gasteiger partial charge in [-0.3, -0.25) is 4.79 Å². The third-order valence-electron chi connectivity index (χ3n) is 2.42. The maximum absolute atomic E-state index is 11.6. The molecule has 0 spiro atoms. The van der Waals surface area contributed by atoms with Gasteiger partial charge in [0.25, 0.3) is 0 Å². The van der Waals surface area contributed by atoms with Gasteiger partial charge in [-0.15, -0.1) is 0 Å². The molecule has 0 unspecified atom stereocenters. The van der Waals surface area contributed by atoms with Crippen molar-refractivity contribution < 1.29 is 4.79 Å². The fraction of sp³-hybridized carbons (Fsp3) is 0.300. The number of carbonyl (C=O) groups is 1. The Morgan fingerprint density at radius 2 is 2.20 bits per heavy atom. The normalized spacial score (nSPS) is 17.3. The number of amides is 1. The van der Waals surface area contributed by atoms with Crippen molar-refractivity contribution in [3.63, 3.8) is 0 Å². The van der Waals surface area contributed by atoms with Crippen molar-refractivity contribution in [2.75, 3.05) is 5.32 Å². The highest BCUT2D eigenvalue weighted by molar-refractivity contribution is 14.1. The van der Waals surface area contributed by atoms with Crippen LogP contribution in [0.25, 0.3) is 0 Å². The van der Waals surface area contributed by atoms with Crippen molar-refractivity contribution in [2.24, 2.45) is 5.73 Å². The maximum atomic E-state index is 11.6. The second kappa shape index (κ2) is 4.03. The molecule has 1 aromatic carbocycles. The number of nitrogens with one attached hydrogen (secondary N) is 1. The lowest BCUT2D eigenvalue weighted by molar-refractivity contribution is -0.118. The van der Waals surface area contributed by atoms with E-state index in [0.29, 0.717) is 0 Å². The number of halogens is 2. The van der Waals surface area contributed by atoms with Crippen LogP contribution in [0.1, 0.15) is 12.8 Å². The highest BCUT2D eigenvalue weighted by Crippen LogP contribution is 2.33. The Labute approximate surface area is 110 Å². The summed E-state index contributed by atoms with van der Waals surface area (Å²) >= 11 is 5.61. The zero-order valence-corrected chi connectivity index (χ0v) is 11.6. The lowest BCUT2D eigenvalue weighted by atomic mass is 10.2. The van der Waals surface area contributed by atoms with Gasteiger partial charge in [-0.05, 0) is 69.6 Å². The van der Waals surface area contributed by atoms with E-state index < -0.39 is 5.54 Å². The van der Waals surface area contributed by atoms with Gasteiger partial charge in [-0.1, -0.05) is 0 Å². The van der Waals surface area contributed by atoms with Crippen molar-refractivity contribution in [3.05, 3.63) is 26.2 Å². The third kappa shape index (κ3) is 2.51. The van der Waals surface area contributed by atoms with E-state index in [1.165, 1.54) is 0 Å². The Balaban J connectivity index is 2.11. The van der Waals surface area contributed by atoms with Crippen LogP contribution in [-0.4, -0.2) is 11.4 Å². The highest BCUT2D eigenvalue weighted by Gasteiger charge is 2.45. The summed E-state index contributed by atoms with van der Waals surface area (Å²) in [6, 6.07) is 5.68. The lowest BCUT2D eigenvalue weighted by Crippen LogP contribution is -2.37. The van der Waals surface area contributed by atoms with Gasteiger partial charge < -0.3 is 11.1 Å². The first-order valence-corrected chi connectivity index (χ1v) is 6.44. The summed E-state index contributed by atoms with van der Waals surface area (Å²) in [7, 11) is 0. The molecule has 3 nitrogen and oxygen atoms in total. The van der Waals surface area contributed by atoms with Crippen LogP contribution in [0.15, 0.2) is 22.7 Å². The largest absolute Gasteiger partial charge is 0.324 e. The van der Waals surface area contributed by atoms with Gasteiger partial charge in [0.05, 0.1) is 5.54 Å². The number of carbonyl (C=O) groups excluding carboxylic acids is 1. The van der Waals surface area contributed by atoms with Crippen LogP contribution < -0.4 is 11.1 Å². The van der Waals surface area contributed by atoms with E-state index in [-0.39, 0.29) is 5.91 Å². The molecular weight excluding hydrogens is 371 g/mol. The molecule has 0 atom stereocenters. The van der Waals surface area contributed by atoms with E-state index in [0.717, 1.165) is 26.6 Å². The van der Waals surface area contributed by atoms with E-state index in [4.69, 9.17) is 5.73 Å². The van der Waals surface area contributed by atoms with Crippen LogP contribution in [-0.2, 0) is 4.79 Å². The van der Waals surface area contributed by atoms with Gasteiger partial charge in [-0.2, -0.15) is 0 Å². The fourth-order valence-electron chi connectivity index (χ4n) is 1.19. The molecule has 0 heterocycles. The molecular formula is C10H10BrIN2O. The molecule has 0 aliphatic heterocycles. The van der Waals surface area contributed by atoms with Crippen molar-refractivity contribution in [2.45, 2.75) is 18.4 Å². The smallest absolute Gasteiger partial charge is 0.244 e. The molecule has 5 heteroatoms. The standard InChI is InChI=1S/C10H10BrIN2O/c11-7-2-1-6(5-8(7)12)14-9(15)10(13)3-4-10/h1-2,5H,3-4,13H2,(H,14,15). The molecule has 0 saturated heterocycles. The number of hydrogen-bond donors (Lipinski definition) is 2. The quantitative estimate of drug-likeness (QED) is 0.774. The van der Waals surface area contributed by atoms with Crippen molar-refractivity contribution in [1.29, 1.82) is 0 Å². The van der Waals surface area contributed by atoms with Crippen molar-refractivity contribution >= 4 is 50.1 Å². The Morgan fingerprint density at radius 3 is 2.73 bits per heavy atom. The third-order valence-corrected chi connectivity index (χ3v) is 4.74. The van der Waals surface area contributed by atoms with Crippen LogP contribution in [0.4, 0.5) is 5.69 Å². The van der Waals surface area contributed by atoms with Crippen LogP contribution in [0, 0.1) is 3.57 Å². The summed E-state index contributed by atoms with van der Waals surface area (Å²) in [4.78, 5) is 11.6. The minimum atomic E-state index is -0.613. The summed E-state index contributed by atoms with van der Waals surface area (Å²) < 4.78 is 2.09. The molecule has 0 radical (unpaired) electrons. The average Bonchev–Trinajstić information content (AvgIpc) is 2.92. The average molecular weight is 381 g/mol. The Bertz CT molecular complexity index is 418. The second-order valence-electron chi connectivity index (χ2n) is 3.74. The molecule has 15 heavy (non-hydrogen) atoms. The Hall–Kier alpha value is -0.140. The lowest BCUT2D eigenvalue weighted by Gasteiger charge is -2.10.